The van der Waals surface area contributed by atoms with Crippen molar-refractivity contribution < 1.29 is 10.0 Å². The number of carbonyl (C=O) groups excluding carboxylic acids is 1. The number of nitrogens with zero attached hydrogens (tertiary/aromatic N) is 3. The summed E-state index contributed by atoms with van der Waals surface area (Å²) in [5, 5.41) is 12.1. The molecule has 1 amide bonds. The number of pyridine rings is 1. The third-order valence-corrected chi connectivity index (χ3v) is 6.58. The first-order valence-electron chi connectivity index (χ1n) is 11.1. The van der Waals surface area contributed by atoms with Crippen LogP contribution in [0.3, 0.4) is 0 Å². The number of hydrogen-bond acceptors (Lipinski definition) is 5. The van der Waals surface area contributed by atoms with Gasteiger partial charge in [0.25, 0.3) is 0 Å². The van der Waals surface area contributed by atoms with Crippen molar-refractivity contribution in [2.75, 3.05) is 26.2 Å². The van der Waals surface area contributed by atoms with E-state index in [-0.39, 0.29) is 11.9 Å². The summed E-state index contributed by atoms with van der Waals surface area (Å²) in [7, 11) is 0. The first kappa shape index (κ1) is 21.0. The standard InChI is InChI=1S/C24H32N4O2/c25-24(29)20-7-5-18(6-8-20)3-2-12-27-13-9-19(10-14-27)17-28(30)23-15-22(23)21-4-1-11-26-16-21/h1,4-8,11,16,19,22-23,30H,2-3,9-10,12-15,17H2,(H2,25,29). The van der Waals surface area contributed by atoms with E-state index in [0.29, 0.717) is 17.4 Å². The summed E-state index contributed by atoms with van der Waals surface area (Å²) >= 11 is 0. The van der Waals surface area contributed by atoms with Gasteiger partial charge in [0.15, 0.2) is 0 Å². The molecule has 6 nitrogen and oxygen atoms in total. The molecule has 2 aliphatic rings. The molecule has 4 rings (SSSR count). The largest absolute Gasteiger partial charge is 0.366 e. The Morgan fingerprint density at radius 3 is 2.63 bits per heavy atom. The Morgan fingerprint density at radius 1 is 1.20 bits per heavy atom. The Balaban J connectivity index is 1.13. The van der Waals surface area contributed by atoms with Gasteiger partial charge in [-0.3, -0.25) is 9.78 Å². The van der Waals surface area contributed by atoms with Gasteiger partial charge in [0, 0.05) is 36.5 Å². The Morgan fingerprint density at radius 2 is 1.97 bits per heavy atom. The van der Waals surface area contributed by atoms with Crippen molar-refractivity contribution in [3.05, 3.63) is 65.5 Å². The number of benzene rings is 1. The molecule has 2 aromatic rings. The second-order valence-electron chi connectivity index (χ2n) is 8.77. The number of hydroxylamine groups is 2. The average molecular weight is 409 g/mol. The van der Waals surface area contributed by atoms with E-state index >= 15 is 0 Å². The summed E-state index contributed by atoms with van der Waals surface area (Å²) in [5.41, 5.74) is 8.34. The molecule has 2 fully saturated rings. The molecule has 0 radical (unpaired) electrons. The molecular weight excluding hydrogens is 376 g/mol. The number of rotatable bonds is 9. The fourth-order valence-electron chi connectivity index (χ4n) is 4.60. The summed E-state index contributed by atoms with van der Waals surface area (Å²) in [6.07, 6.45) is 9.17. The minimum Gasteiger partial charge on any atom is -0.366 e. The van der Waals surface area contributed by atoms with Gasteiger partial charge in [-0.05, 0) is 87.0 Å². The zero-order chi connectivity index (χ0) is 20.9. The highest BCUT2D eigenvalue weighted by atomic mass is 16.5. The normalized spacial score (nSPS) is 22.3. The molecule has 1 saturated heterocycles. The van der Waals surface area contributed by atoms with Crippen LogP contribution in [-0.2, 0) is 6.42 Å². The fourth-order valence-corrected chi connectivity index (χ4v) is 4.60. The number of aromatic nitrogens is 1. The van der Waals surface area contributed by atoms with Crippen LogP contribution in [0.5, 0.6) is 0 Å². The van der Waals surface area contributed by atoms with Crippen LogP contribution in [0.2, 0.25) is 0 Å². The zero-order valence-corrected chi connectivity index (χ0v) is 17.5. The van der Waals surface area contributed by atoms with Crippen molar-refractivity contribution in [2.45, 2.75) is 44.1 Å². The van der Waals surface area contributed by atoms with Crippen LogP contribution < -0.4 is 5.73 Å². The number of hydrogen-bond donors (Lipinski definition) is 2. The first-order chi connectivity index (χ1) is 14.6. The van der Waals surface area contributed by atoms with Gasteiger partial charge < -0.3 is 15.8 Å². The highest BCUT2D eigenvalue weighted by Gasteiger charge is 2.43. The summed E-state index contributed by atoms with van der Waals surface area (Å²) in [4.78, 5) is 17.9. The molecule has 2 heterocycles. The second kappa shape index (κ2) is 9.69. The van der Waals surface area contributed by atoms with E-state index in [9.17, 15) is 10.0 Å². The van der Waals surface area contributed by atoms with Crippen molar-refractivity contribution in [1.29, 1.82) is 0 Å². The number of carbonyl (C=O) groups is 1. The summed E-state index contributed by atoms with van der Waals surface area (Å²) in [6, 6.07) is 11.9. The Hall–Kier alpha value is -2.28. The van der Waals surface area contributed by atoms with Crippen LogP contribution in [0, 0.1) is 5.92 Å². The van der Waals surface area contributed by atoms with Gasteiger partial charge in [0.1, 0.15) is 0 Å². The third-order valence-electron chi connectivity index (χ3n) is 6.58. The highest BCUT2D eigenvalue weighted by molar-refractivity contribution is 5.92. The lowest BCUT2D eigenvalue weighted by Crippen LogP contribution is -2.39. The van der Waals surface area contributed by atoms with Crippen molar-refractivity contribution >= 4 is 5.91 Å². The molecular formula is C24H32N4O2. The average Bonchev–Trinajstić information content (AvgIpc) is 3.57. The van der Waals surface area contributed by atoms with Crippen LogP contribution in [0.15, 0.2) is 48.8 Å². The fraction of sp³-hybridized carbons (Fsp3) is 0.500. The molecule has 2 atom stereocenters. The smallest absolute Gasteiger partial charge is 0.248 e. The molecule has 1 saturated carbocycles. The van der Waals surface area contributed by atoms with Gasteiger partial charge in [-0.1, -0.05) is 18.2 Å². The predicted molar refractivity (Wildman–Crippen MR) is 116 cm³/mol. The molecule has 0 bridgehead atoms. The molecule has 30 heavy (non-hydrogen) atoms. The van der Waals surface area contributed by atoms with Crippen molar-refractivity contribution in [3.8, 4) is 0 Å². The van der Waals surface area contributed by atoms with E-state index in [0.717, 1.165) is 58.3 Å². The van der Waals surface area contributed by atoms with E-state index in [4.69, 9.17) is 5.73 Å². The summed E-state index contributed by atoms with van der Waals surface area (Å²) in [5.74, 6) is 0.628. The van der Waals surface area contributed by atoms with E-state index in [2.05, 4.69) is 16.0 Å². The lowest BCUT2D eigenvalue weighted by atomic mass is 9.96. The molecule has 1 aromatic heterocycles. The molecule has 6 heteroatoms. The minimum absolute atomic E-state index is 0.258. The van der Waals surface area contributed by atoms with Gasteiger partial charge >= 0.3 is 0 Å². The van der Waals surface area contributed by atoms with Crippen molar-refractivity contribution in [1.82, 2.24) is 14.9 Å². The van der Waals surface area contributed by atoms with Crippen molar-refractivity contribution in [3.63, 3.8) is 0 Å². The molecule has 160 valence electrons. The minimum atomic E-state index is -0.375. The van der Waals surface area contributed by atoms with Gasteiger partial charge in [0.2, 0.25) is 5.91 Å². The lowest BCUT2D eigenvalue weighted by molar-refractivity contribution is -0.115. The molecule has 1 aromatic carbocycles. The lowest BCUT2D eigenvalue weighted by Gasteiger charge is -2.33. The number of piperidine rings is 1. The Kier molecular flexibility index (Phi) is 6.77. The van der Waals surface area contributed by atoms with E-state index in [1.54, 1.807) is 11.3 Å². The van der Waals surface area contributed by atoms with Crippen LogP contribution in [-0.4, -0.2) is 58.3 Å². The molecule has 1 aliphatic heterocycles. The topological polar surface area (TPSA) is 82.7 Å². The molecule has 0 spiro atoms. The number of likely N-dealkylation sites (tertiary alicyclic amines) is 1. The number of amides is 1. The third kappa shape index (κ3) is 5.45. The van der Waals surface area contributed by atoms with Gasteiger partial charge in [-0.15, -0.1) is 0 Å². The Bertz CT molecular complexity index is 819. The predicted octanol–water partition coefficient (Wildman–Crippen LogP) is 3.07. The highest BCUT2D eigenvalue weighted by Crippen LogP contribution is 2.44. The molecule has 3 N–H and O–H groups in total. The van der Waals surface area contributed by atoms with Crippen LogP contribution in [0.4, 0.5) is 0 Å². The quantitative estimate of drug-likeness (QED) is 0.623. The van der Waals surface area contributed by atoms with E-state index in [1.165, 1.54) is 11.1 Å². The number of primary amides is 1. The summed E-state index contributed by atoms with van der Waals surface area (Å²) in [6.45, 7) is 4.09. The molecule has 2 unspecified atom stereocenters. The zero-order valence-electron chi connectivity index (χ0n) is 17.5. The maximum atomic E-state index is 11.1. The number of nitrogens with two attached hydrogens (primary N) is 1. The first-order valence-corrected chi connectivity index (χ1v) is 11.1. The van der Waals surface area contributed by atoms with Gasteiger partial charge in [0.05, 0.1) is 0 Å². The van der Waals surface area contributed by atoms with E-state index < -0.39 is 0 Å². The maximum Gasteiger partial charge on any atom is 0.248 e. The van der Waals surface area contributed by atoms with Crippen molar-refractivity contribution in [2.24, 2.45) is 11.7 Å². The maximum absolute atomic E-state index is 11.1. The van der Waals surface area contributed by atoms with Crippen LogP contribution in [0.1, 0.15) is 53.1 Å². The second-order valence-corrected chi connectivity index (χ2v) is 8.77. The van der Waals surface area contributed by atoms with Gasteiger partial charge in [-0.25, -0.2) is 0 Å². The van der Waals surface area contributed by atoms with Crippen LogP contribution in [0.25, 0.3) is 0 Å². The number of aryl methyl sites for hydroxylation is 1. The van der Waals surface area contributed by atoms with Crippen LogP contribution >= 0.6 is 0 Å². The summed E-state index contributed by atoms with van der Waals surface area (Å²) < 4.78 is 0. The Labute approximate surface area is 178 Å². The van der Waals surface area contributed by atoms with E-state index in [1.807, 2.05) is 36.5 Å². The SMILES string of the molecule is NC(=O)c1ccc(CCCN2CCC(CN(O)C3CC3c3cccnc3)CC2)cc1. The molecule has 1 aliphatic carbocycles. The van der Waals surface area contributed by atoms with Gasteiger partial charge in [-0.2, -0.15) is 5.06 Å². The monoisotopic (exact) mass is 408 g/mol.